The van der Waals surface area contributed by atoms with Crippen LogP contribution in [0.15, 0.2) is 48.5 Å². The zero-order valence-electron chi connectivity index (χ0n) is 11.4. The van der Waals surface area contributed by atoms with Crippen LogP contribution in [0.2, 0.25) is 0 Å². The van der Waals surface area contributed by atoms with Crippen LogP contribution >= 0.6 is 23.2 Å². The van der Waals surface area contributed by atoms with Gasteiger partial charge in [-0.15, -0.1) is 13.2 Å². The van der Waals surface area contributed by atoms with Crippen LogP contribution < -0.4 is 10.1 Å². The van der Waals surface area contributed by atoms with Crippen LogP contribution in [0.4, 0.5) is 18.9 Å². The lowest BCUT2D eigenvalue weighted by molar-refractivity contribution is -0.274. The van der Waals surface area contributed by atoms with E-state index in [1.54, 1.807) is 24.3 Å². The zero-order chi connectivity index (χ0) is 17.0. The van der Waals surface area contributed by atoms with Gasteiger partial charge < -0.3 is 10.1 Å². The molecule has 3 nitrogen and oxygen atoms in total. The van der Waals surface area contributed by atoms with Crippen molar-refractivity contribution in [1.29, 1.82) is 0 Å². The largest absolute Gasteiger partial charge is 0.573 e. The van der Waals surface area contributed by atoms with E-state index in [1.807, 2.05) is 0 Å². The van der Waals surface area contributed by atoms with E-state index in [1.165, 1.54) is 24.3 Å². The summed E-state index contributed by atoms with van der Waals surface area (Å²) in [7, 11) is 0. The highest BCUT2D eigenvalue weighted by Gasteiger charge is 2.30. The Kier molecular flexibility index (Phi) is 5.38. The molecule has 8 heteroatoms. The molecule has 0 saturated heterocycles. The fraction of sp³-hybridized carbons (Fsp3) is 0.133. The van der Waals surface area contributed by atoms with E-state index in [2.05, 4.69) is 10.1 Å². The number of alkyl halides is 5. The Labute approximate surface area is 140 Å². The summed E-state index contributed by atoms with van der Waals surface area (Å²) in [5, 5.41) is 2.52. The number of anilines is 1. The molecule has 0 heterocycles. The van der Waals surface area contributed by atoms with Crippen LogP contribution in [0.3, 0.4) is 0 Å². The van der Waals surface area contributed by atoms with Crippen molar-refractivity contribution in [3.8, 4) is 16.9 Å². The summed E-state index contributed by atoms with van der Waals surface area (Å²) in [6.45, 7) is 0. The Balaban J connectivity index is 2.17. The Morgan fingerprint density at radius 2 is 1.70 bits per heavy atom. The Bertz CT molecular complexity index is 688. The minimum atomic E-state index is -4.73. The van der Waals surface area contributed by atoms with Gasteiger partial charge in [0.25, 0.3) is 5.91 Å². The van der Waals surface area contributed by atoms with Gasteiger partial charge >= 0.3 is 6.36 Å². The minimum Gasteiger partial charge on any atom is -0.406 e. The van der Waals surface area contributed by atoms with Crippen molar-refractivity contribution < 1.29 is 22.7 Å². The number of hydrogen-bond acceptors (Lipinski definition) is 2. The average Bonchev–Trinajstić information content (AvgIpc) is 2.46. The van der Waals surface area contributed by atoms with E-state index < -0.39 is 17.1 Å². The molecule has 0 bridgehead atoms. The smallest absolute Gasteiger partial charge is 0.406 e. The highest BCUT2D eigenvalue weighted by atomic mass is 35.5. The van der Waals surface area contributed by atoms with Crippen molar-refractivity contribution >= 4 is 34.8 Å². The molecule has 23 heavy (non-hydrogen) atoms. The standard InChI is InChI=1S/C15H10Cl2F3NO2/c16-13(17)14(22)21-11-3-1-2-10(8-11)9-4-6-12(7-5-9)23-15(18,19)20/h1-8,13H,(H,21,22). The number of amides is 1. The second kappa shape index (κ2) is 7.10. The van der Waals surface area contributed by atoms with Gasteiger partial charge in [-0.05, 0) is 35.4 Å². The van der Waals surface area contributed by atoms with Gasteiger partial charge in [0.15, 0.2) is 4.84 Å². The van der Waals surface area contributed by atoms with Crippen LogP contribution in [-0.4, -0.2) is 17.1 Å². The third kappa shape index (κ3) is 5.33. The summed E-state index contributed by atoms with van der Waals surface area (Å²) in [4.78, 5) is 10.2. The molecule has 0 unspecified atom stereocenters. The van der Waals surface area contributed by atoms with Crippen molar-refractivity contribution in [1.82, 2.24) is 0 Å². The molecular weight excluding hydrogens is 354 g/mol. The first kappa shape index (κ1) is 17.4. The maximum absolute atomic E-state index is 12.1. The molecule has 0 fully saturated rings. The molecule has 1 amide bonds. The lowest BCUT2D eigenvalue weighted by Crippen LogP contribution is -2.18. The number of halogens is 5. The minimum absolute atomic E-state index is 0.308. The summed E-state index contributed by atoms with van der Waals surface area (Å²) < 4.78 is 40.2. The van der Waals surface area contributed by atoms with E-state index >= 15 is 0 Å². The summed E-state index contributed by atoms with van der Waals surface area (Å²) >= 11 is 10.9. The third-order valence-electron chi connectivity index (χ3n) is 2.75. The predicted molar refractivity (Wildman–Crippen MR) is 82.7 cm³/mol. The number of rotatable bonds is 4. The quantitative estimate of drug-likeness (QED) is 0.776. The van der Waals surface area contributed by atoms with E-state index in [0.717, 1.165) is 0 Å². The molecule has 0 radical (unpaired) electrons. The molecule has 2 aromatic carbocycles. The first-order valence-electron chi connectivity index (χ1n) is 6.30. The van der Waals surface area contributed by atoms with Crippen molar-refractivity contribution in [2.24, 2.45) is 0 Å². The van der Waals surface area contributed by atoms with Crippen molar-refractivity contribution in [2.45, 2.75) is 11.2 Å². The molecule has 1 N–H and O–H groups in total. The average molecular weight is 364 g/mol. The second-order valence-electron chi connectivity index (χ2n) is 4.44. The highest BCUT2D eigenvalue weighted by molar-refractivity contribution is 6.54. The Hall–Kier alpha value is -1.92. The first-order valence-corrected chi connectivity index (χ1v) is 7.17. The van der Waals surface area contributed by atoms with Gasteiger partial charge in [0.05, 0.1) is 0 Å². The number of ether oxygens (including phenoxy) is 1. The molecule has 122 valence electrons. The van der Waals surface area contributed by atoms with Crippen LogP contribution in [0, 0.1) is 0 Å². The summed E-state index contributed by atoms with van der Waals surface area (Å²) in [6.07, 6.45) is -4.73. The fourth-order valence-corrected chi connectivity index (χ4v) is 1.93. The van der Waals surface area contributed by atoms with Gasteiger partial charge in [0.2, 0.25) is 0 Å². The molecule has 2 aromatic rings. The van der Waals surface area contributed by atoms with Crippen LogP contribution in [0.25, 0.3) is 11.1 Å². The monoisotopic (exact) mass is 363 g/mol. The third-order valence-corrected chi connectivity index (χ3v) is 3.15. The van der Waals surface area contributed by atoms with E-state index in [9.17, 15) is 18.0 Å². The summed E-state index contributed by atoms with van der Waals surface area (Å²) in [5.41, 5.74) is 1.82. The number of carbonyl (C=O) groups excluding carboxylic acids is 1. The highest BCUT2D eigenvalue weighted by Crippen LogP contribution is 2.27. The normalized spacial score (nSPS) is 11.4. The van der Waals surface area contributed by atoms with Crippen molar-refractivity contribution in [3.05, 3.63) is 48.5 Å². The molecule has 0 aliphatic heterocycles. The van der Waals surface area contributed by atoms with E-state index in [4.69, 9.17) is 23.2 Å². The van der Waals surface area contributed by atoms with Crippen LogP contribution in [0.5, 0.6) is 5.75 Å². The van der Waals surface area contributed by atoms with Crippen molar-refractivity contribution in [2.75, 3.05) is 5.32 Å². The second-order valence-corrected chi connectivity index (χ2v) is 5.54. The Morgan fingerprint density at radius 3 is 2.26 bits per heavy atom. The molecule has 0 saturated carbocycles. The summed E-state index contributed by atoms with van der Waals surface area (Å²) in [6, 6.07) is 12.1. The fourth-order valence-electron chi connectivity index (χ4n) is 1.82. The first-order chi connectivity index (χ1) is 10.7. The number of nitrogens with one attached hydrogen (secondary N) is 1. The Morgan fingerprint density at radius 1 is 1.04 bits per heavy atom. The number of benzene rings is 2. The predicted octanol–water partition coefficient (Wildman–Crippen LogP) is 4.99. The van der Waals surface area contributed by atoms with Gasteiger partial charge in [-0.1, -0.05) is 47.5 Å². The van der Waals surface area contributed by atoms with Crippen LogP contribution in [-0.2, 0) is 4.79 Å². The lowest BCUT2D eigenvalue weighted by atomic mass is 10.1. The van der Waals surface area contributed by atoms with Crippen molar-refractivity contribution in [3.63, 3.8) is 0 Å². The molecule has 2 rings (SSSR count). The molecule has 0 aromatic heterocycles. The zero-order valence-corrected chi connectivity index (χ0v) is 12.9. The summed E-state index contributed by atoms with van der Waals surface area (Å²) in [5.74, 6) is -0.878. The molecule has 0 spiro atoms. The molecular formula is C15H10Cl2F3NO2. The maximum Gasteiger partial charge on any atom is 0.573 e. The molecule has 0 atom stereocenters. The topological polar surface area (TPSA) is 38.3 Å². The number of carbonyl (C=O) groups is 1. The van der Waals surface area contributed by atoms with Gasteiger partial charge in [0, 0.05) is 5.69 Å². The molecule has 0 aliphatic carbocycles. The van der Waals surface area contributed by atoms with Gasteiger partial charge in [-0.3, -0.25) is 4.79 Å². The number of hydrogen-bond donors (Lipinski definition) is 1. The SMILES string of the molecule is O=C(Nc1cccc(-c2ccc(OC(F)(F)F)cc2)c1)C(Cl)Cl. The maximum atomic E-state index is 12.1. The lowest BCUT2D eigenvalue weighted by Gasteiger charge is -2.10. The van der Waals surface area contributed by atoms with Gasteiger partial charge in [-0.25, -0.2) is 0 Å². The van der Waals surface area contributed by atoms with E-state index in [-0.39, 0.29) is 5.75 Å². The molecule has 0 aliphatic rings. The van der Waals surface area contributed by atoms with Gasteiger partial charge in [-0.2, -0.15) is 0 Å². The van der Waals surface area contributed by atoms with Crippen LogP contribution in [0.1, 0.15) is 0 Å². The van der Waals surface area contributed by atoms with Gasteiger partial charge in [0.1, 0.15) is 5.75 Å². The van der Waals surface area contributed by atoms with E-state index in [0.29, 0.717) is 16.8 Å².